The second-order valence-corrected chi connectivity index (χ2v) is 54.9. The molecule has 0 N–H and O–H groups in total. The fourth-order valence-electron chi connectivity index (χ4n) is 46.2. The van der Waals surface area contributed by atoms with E-state index in [4.69, 9.17) is 0 Å². The van der Waals surface area contributed by atoms with Gasteiger partial charge in [-0.1, -0.05) is 212 Å². The van der Waals surface area contributed by atoms with Gasteiger partial charge in [0.15, 0.2) is 0 Å². The minimum absolute atomic E-state index is 0.906. The van der Waals surface area contributed by atoms with Crippen molar-refractivity contribution in [3.05, 3.63) is 0 Å². The lowest BCUT2D eigenvalue weighted by Gasteiger charge is -3.03. The molecule has 0 aromatic carbocycles. The summed E-state index contributed by atoms with van der Waals surface area (Å²) in [4.78, 5) is 0. The predicted molar refractivity (Wildman–Crippen MR) is 489 cm³/mol. The van der Waals surface area contributed by atoms with E-state index in [0.717, 1.165) is 11.3 Å². The third-order valence-electron chi connectivity index (χ3n) is 50.4. The molecule has 0 heterocycles. The molecule has 19 atom stereocenters. The maximum absolute atomic E-state index is 1.68. The number of hydrogen-bond acceptors (Lipinski definition) is 0. The average Bonchev–Trinajstić information content (AvgIpc) is 0.858. The molecule has 118 heavy (non-hydrogen) atoms. The molecule has 45 saturated carbocycles. The first kappa shape index (κ1) is 79.0. The Morgan fingerprint density at radius 2 is 0.390 bits per heavy atom. The van der Waals surface area contributed by atoms with Gasteiger partial charge in [-0.15, -0.1) is 0 Å². The molecular formula is C118H186. The van der Waals surface area contributed by atoms with E-state index >= 15 is 0 Å². The monoisotopic (exact) mass is 1600 g/mol. The average molecular weight is 1600 g/mol. The number of hydrogen-bond donors (Lipinski definition) is 0. The summed E-state index contributed by atoms with van der Waals surface area (Å²) in [5, 5.41) is 0. The van der Waals surface area contributed by atoms with Gasteiger partial charge in [-0.3, -0.25) is 0 Å². The first-order valence-corrected chi connectivity index (χ1v) is 58.5. The molecule has 45 aliphatic rings. The fourth-order valence-corrected chi connectivity index (χ4v) is 46.2. The van der Waals surface area contributed by atoms with Crippen LogP contribution < -0.4 is 0 Å². The van der Waals surface area contributed by atoms with Gasteiger partial charge in [-0.2, -0.15) is 0 Å². The summed E-state index contributed by atoms with van der Waals surface area (Å²) in [6.07, 6.45) is 108. The molecule has 19 unspecified atom stereocenters. The van der Waals surface area contributed by atoms with Crippen molar-refractivity contribution in [3.8, 4) is 0 Å². The quantitative estimate of drug-likeness (QED) is 0.168. The highest BCUT2D eigenvalue weighted by atomic mass is 15.0. The van der Waals surface area contributed by atoms with Crippen molar-refractivity contribution in [1.82, 2.24) is 0 Å². The zero-order valence-electron chi connectivity index (χ0n) is 77.0. The molecule has 28 bridgehead atoms. The van der Waals surface area contributed by atoms with Gasteiger partial charge in [0, 0.05) is 0 Å². The van der Waals surface area contributed by atoms with Gasteiger partial charge in [0.25, 0.3) is 0 Å². The van der Waals surface area contributed by atoms with E-state index in [2.05, 4.69) is 0 Å². The highest BCUT2D eigenvalue weighted by molar-refractivity contribution is 5.44. The lowest BCUT2D eigenvalue weighted by molar-refractivity contribution is -0.565. The molecule has 0 amide bonds. The summed E-state index contributed by atoms with van der Waals surface area (Å²) in [5.41, 5.74) is 0.906. The van der Waals surface area contributed by atoms with Crippen LogP contribution in [0, 0.1) is 289 Å². The van der Waals surface area contributed by atoms with Crippen LogP contribution in [0.4, 0.5) is 0 Å². The summed E-state index contributed by atoms with van der Waals surface area (Å²) >= 11 is 0. The lowest BCUT2D eigenvalue weighted by atomic mass is 9.01. The molecule has 0 heteroatoms. The minimum Gasteiger partial charge on any atom is -0.0533 e. The van der Waals surface area contributed by atoms with Crippen LogP contribution in [0.1, 0.15) is 443 Å². The highest BCUT2D eigenvalue weighted by Gasteiger charge is 2.98. The maximum atomic E-state index is 1.68. The maximum Gasteiger partial charge on any atom is -0.0266 e. The van der Waals surface area contributed by atoms with Gasteiger partial charge in [0.05, 0.1) is 0 Å². The minimum atomic E-state index is 0.906. The van der Waals surface area contributed by atoms with E-state index in [9.17, 15) is 0 Å². The third-order valence-corrected chi connectivity index (χ3v) is 50.4. The van der Waals surface area contributed by atoms with Gasteiger partial charge in [0.2, 0.25) is 0 Å². The standard InChI is InChI=1S/C12H18.C11H14.2C11H18.C10H16.C9H14.C8H8.C8H16.2C7H10.C7H14.C6H8.C6H12.C5H10/c1-2-8-5-7(1)11-9-3-4-10(6-9)12(8)11;1-4-5-2-9-8(1)10-6(4)3-7(5)11(9)10;1-3-9-7-10-4-2-6-11(10,5-1)8-9;1-2-4-10-9-5-6-11(10)8(3-1)7-9;1-7-2-9-4-8(1)5-10(3-7)6-9;1-6-2-8-4-7(1)5-9(8)3-6;1-2-5-3(1)7-4(1)6(2)8(5)7;1-2-4-6-8-7-5-3-1;1-4-2-6-5(1)7(6)3-4;1-2-4-6-5(3-1)7(4)6;1-2-4-6-7-5-3-1;1-2-4-5-3(1)6(4)5;1-2-4-6-5-3-1;1-2-4-5-3-1/h7-12H,1-6H2;4-11H,1-3H2;9-10H,1-8H2;8-11H,1-7H2;7-10H,1-6H2;6-9H,1-5H2;1-8H;1-8H2;2*4-7H,1-3H2;1-7H2;3-6H,1-2H2;1-6H2;1-5H2. The number of fused-ring (bicyclic) bond motifs is 15. The zero-order valence-corrected chi connectivity index (χ0v) is 77.0. The summed E-state index contributed by atoms with van der Waals surface area (Å²) in [6.45, 7) is 0. The van der Waals surface area contributed by atoms with Crippen LogP contribution in [-0.2, 0) is 0 Å². The van der Waals surface area contributed by atoms with E-state index in [1.165, 1.54) is 445 Å². The Morgan fingerprint density at radius 1 is 0.119 bits per heavy atom. The van der Waals surface area contributed by atoms with Crippen LogP contribution in [0.3, 0.4) is 0 Å². The van der Waals surface area contributed by atoms with Crippen molar-refractivity contribution in [2.24, 2.45) is 289 Å². The molecule has 45 aliphatic carbocycles. The van der Waals surface area contributed by atoms with Crippen molar-refractivity contribution in [2.75, 3.05) is 0 Å². The SMILES string of the molecule is C12C3C4C1C1C2C3C41.C1C2C3CC4C5CC3C1C5C24.C1C2CC3C1C3C2.C1C2CC3CC1CC(C2)C3.C1C2CC3CC1CC3C2.C1CC2C3C(C1)C23.C1CC2C3C1C23.C1CC2CC1C1C3CCC(C3)C21.C1CC2CC3CCCC3(C1)C2.C1CCC2C3CCC2C(C1)C3.C1CCCC1.C1CCCCC1.C1CCCCCC1.C1CCCCCCC1. The normalized spacial score (nSPS) is 59.6. The van der Waals surface area contributed by atoms with Gasteiger partial charge in [0.1, 0.15) is 0 Å². The Morgan fingerprint density at radius 3 is 0.737 bits per heavy atom. The molecule has 0 nitrogen and oxygen atoms in total. The van der Waals surface area contributed by atoms with Crippen LogP contribution in [-0.4, -0.2) is 0 Å². The molecule has 0 aliphatic heterocycles. The molecule has 1 spiro atoms. The Kier molecular flexibility index (Phi) is 22.0. The zero-order chi connectivity index (χ0) is 77.0. The van der Waals surface area contributed by atoms with Gasteiger partial charge < -0.3 is 0 Å². The second kappa shape index (κ2) is 32.8. The molecule has 0 radical (unpaired) electrons. The molecule has 45 rings (SSSR count). The van der Waals surface area contributed by atoms with Crippen molar-refractivity contribution in [1.29, 1.82) is 0 Å². The molecule has 45 fully saturated rings. The van der Waals surface area contributed by atoms with Gasteiger partial charge in [-0.25, -0.2) is 0 Å². The molecular weight excluding hydrogens is 1420 g/mol. The van der Waals surface area contributed by atoms with Gasteiger partial charge in [-0.05, 0) is 521 Å². The second-order valence-electron chi connectivity index (χ2n) is 54.9. The van der Waals surface area contributed by atoms with Gasteiger partial charge >= 0.3 is 0 Å². The smallest absolute Gasteiger partial charge is 0.0266 e. The molecule has 658 valence electrons. The topological polar surface area (TPSA) is 0 Å². The Labute approximate surface area is 727 Å². The van der Waals surface area contributed by atoms with E-state index in [1.807, 2.05) is 0 Å². The first-order valence-electron chi connectivity index (χ1n) is 58.5. The summed E-state index contributed by atoms with van der Waals surface area (Å²) in [6, 6.07) is 0. The Hall–Kier alpha value is 0. The van der Waals surface area contributed by atoms with Crippen molar-refractivity contribution >= 4 is 0 Å². The predicted octanol–water partition coefficient (Wildman–Crippen LogP) is 32.8. The molecule has 0 aromatic rings. The van der Waals surface area contributed by atoms with Crippen molar-refractivity contribution < 1.29 is 0 Å². The molecule has 0 aromatic heterocycles. The summed E-state index contributed by atoms with van der Waals surface area (Å²) in [5.74, 6) is 59.9. The van der Waals surface area contributed by atoms with Crippen LogP contribution in [0.5, 0.6) is 0 Å². The van der Waals surface area contributed by atoms with Crippen molar-refractivity contribution in [3.63, 3.8) is 0 Å². The largest absolute Gasteiger partial charge is 0.0533 e. The summed E-state index contributed by atoms with van der Waals surface area (Å²) < 4.78 is 0. The summed E-state index contributed by atoms with van der Waals surface area (Å²) in [7, 11) is 0. The van der Waals surface area contributed by atoms with E-state index in [1.54, 1.807) is 276 Å². The van der Waals surface area contributed by atoms with E-state index in [-0.39, 0.29) is 0 Å². The number of rotatable bonds is 0. The lowest BCUT2D eigenvalue weighted by Crippen LogP contribution is -3.00. The third kappa shape index (κ3) is 14.1. The van der Waals surface area contributed by atoms with Crippen LogP contribution in [0.15, 0.2) is 0 Å². The van der Waals surface area contributed by atoms with Crippen LogP contribution in [0.25, 0.3) is 0 Å². The highest BCUT2D eigenvalue weighted by Crippen LogP contribution is 3.01. The molecule has 0 saturated heterocycles. The van der Waals surface area contributed by atoms with Crippen molar-refractivity contribution in [2.45, 2.75) is 443 Å². The van der Waals surface area contributed by atoms with Crippen LogP contribution in [0.2, 0.25) is 0 Å². The Bertz CT molecular complexity index is 2930. The van der Waals surface area contributed by atoms with Crippen LogP contribution >= 0.6 is 0 Å². The van der Waals surface area contributed by atoms with E-state index < -0.39 is 0 Å². The van der Waals surface area contributed by atoms with E-state index in [0.29, 0.717) is 0 Å². The fraction of sp³-hybridized carbons (Fsp3) is 1.00. The first-order chi connectivity index (χ1) is 58.5. The Balaban J connectivity index is 0.0000000695.